The van der Waals surface area contributed by atoms with E-state index in [4.69, 9.17) is 5.26 Å². The largest absolute Gasteiger partial charge is 0.279 e. The highest BCUT2D eigenvalue weighted by atomic mass is 79.9. The van der Waals surface area contributed by atoms with E-state index in [1.54, 1.807) is 12.1 Å². The average molecular weight is 289 g/mol. The van der Waals surface area contributed by atoms with Crippen LogP contribution in [0.4, 0.5) is 0 Å². The van der Waals surface area contributed by atoms with Crippen LogP contribution in [0.3, 0.4) is 0 Å². The SMILES string of the molecule is Cc1ccc(C#N)c(=O)n1-c1ccccc1Br. The van der Waals surface area contributed by atoms with Crippen molar-refractivity contribution in [2.75, 3.05) is 0 Å². The lowest BCUT2D eigenvalue weighted by Crippen LogP contribution is -2.22. The molecular weight excluding hydrogens is 280 g/mol. The van der Waals surface area contributed by atoms with Gasteiger partial charge in [-0.2, -0.15) is 5.26 Å². The van der Waals surface area contributed by atoms with Gasteiger partial charge in [0.15, 0.2) is 0 Å². The molecule has 0 saturated heterocycles. The maximum atomic E-state index is 12.1. The summed E-state index contributed by atoms with van der Waals surface area (Å²) >= 11 is 3.41. The maximum Gasteiger partial charge on any atom is 0.273 e. The van der Waals surface area contributed by atoms with Gasteiger partial charge in [-0.3, -0.25) is 9.36 Å². The van der Waals surface area contributed by atoms with E-state index in [-0.39, 0.29) is 11.1 Å². The third kappa shape index (κ3) is 2.02. The maximum absolute atomic E-state index is 12.1. The van der Waals surface area contributed by atoms with Crippen LogP contribution in [0.5, 0.6) is 0 Å². The number of nitriles is 1. The summed E-state index contributed by atoms with van der Waals surface area (Å²) in [6, 6.07) is 12.6. The van der Waals surface area contributed by atoms with Crippen molar-refractivity contribution in [2.45, 2.75) is 6.92 Å². The van der Waals surface area contributed by atoms with E-state index in [0.29, 0.717) is 0 Å². The van der Waals surface area contributed by atoms with Gasteiger partial charge in [0.1, 0.15) is 11.6 Å². The lowest BCUT2D eigenvalue weighted by molar-refractivity contribution is 0.923. The fourth-order valence-corrected chi connectivity index (χ4v) is 2.11. The molecule has 0 aliphatic carbocycles. The molecule has 0 amide bonds. The summed E-state index contributed by atoms with van der Waals surface area (Å²) in [5.74, 6) is 0. The molecule has 1 aromatic carbocycles. The third-order valence-corrected chi connectivity index (χ3v) is 3.16. The number of para-hydroxylation sites is 1. The Bertz CT molecular complexity index is 668. The number of benzene rings is 1. The number of aromatic nitrogens is 1. The zero-order chi connectivity index (χ0) is 12.4. The molecule has 84 valence electrons. The Balaban J connectivity index is 2.82. The van der Waals surface area contributed by atoms with Crippen LogP contribution in [0, 0.1) is 18.3 Å². The van der Waals surface area contributed by atoms with E-state index < -0.39 is 0 Å². The van der Waals surface area contributed by atoms with Crippen molar-refractivity contribution in [3.05, 3.63) is 62.5 Å². The average Bonchev–Trinajstić information content (AvgIpc) is 2.32. The van der Waals surface area contributed by atoms with Crippen molar-refractivity contribution < 1.29 is 0 Å². The predicted octanol–water partition coefficient (Wildman–Crippen LogP) is 2.78. The van der Waals surface area contributed by atoms with E-state index in [0.717, 1.165) is 15.9 Å². The molecule has 1 heterocycles. The van der Waals surface area contributed by atoms with Crippen LogP contribution in [0.15, 0.2) is 45.7 Å². The molecule has 0 radical (unpaired) electrons. The summed E-state index contributed by atoms with van der Waals surface area (Å²) in [6.07, 6.45) is 0. The Hall–Kier alpha value is -1.86. The fraction of sp³-hybridized carbons (Fsp3) is 0.0769. The van der Waals surface area contributed by atoms with E-state index in [9.17, 15) is 4.79 Å². The molecule has 0 N–H and O–H groups in total. The molecule has 3 nitrogen and oxygen atoms in total. The van der Waals surface area contributed by atoms with Gasteiger partial charge in [-0.25, -0.2) is 0 Å². The predicted molar refractivity (Wildman–Crippen MR) is 69.2 cm³/mol. The van der Waals surface area contributed by atoms with E-state index in [1.165, 1.54) is 4.57 Å². The number of nitrogens with zero attached hydrogens (tertiary/aromatic N) is 2. The summed E-state index contributed by atoms with van der Waals surface area (Å²) < 4.78 is 2.35. The second-order valence-electron chi connectivity index (χ2n) is 3.59. The zero-order valence-electron chi connectivity index (χ0n) is 9.14. The molecule has 4 heteroatoms. The monoisotopic (exact) mass is 288 g/mol. The van der Waals surface area contributed by atoms with Gasteiger partial charge in [0.2, 0.25) is 0 Å². The lowest BCUT2D eigenvalue weighted by atomic mass is 10.2. The van der Waals surface area contributed by atoms with Crippen LogP contribution >= 0.6 is 15.9 Å². The number of hydrogen-bond acceptors (Lipinski definition) is 2. The van der Waals surface area contributed by atoms with Crippen molar-refractivity contribution >= 4 is 15.9 Å². The van der Waals surface area contributed by atoms with Crippen molar-refractivity contribution in [3.63, 3.8) is 0 Å². The summed E-state index contributed by atoms with van der Waals surface area (Å²) in [7, 11) is 0. The van der Waals surface area contributed by atoms with Gasteiger partial charge in [0, 0.05) is 10.2 Å². The highest BCUT2D eigenvalue weighted by Crippen LogP contribution is 2.20. The molecular formula is C13H9BrN2O. The Morgan fingerprint density at radius 1 is 1.24 bits per heavy atom. The van der Waals surface area contributed by atoms with Gasteiger partial charge in [-0.05, 0) is 47.1 Å². The molecule has 2 aromatic rings. The highest BCUT2D eigenvalue weighted by Gasteiger charge is 2.09. The molecule has 0 spiro atoms. The van der Waals surface area contributed by atoms with Crippen molar-refractivity contribution in [2.24, 2.45) is 0 Å². The number of rotatable bonds is 1. The molecule has 0 bridgehead atoms. The van der Waals surface area contributed by atoms with Gasteiger partial charge >= 0.3 is 0 Å². The minimum Gasteiger partial charge on any atom is -0.279 e. The first-order valence-electron chi connectivity index (χ1n) is 5.03. The van der Waals surface area contributed by atoms with Crippen LogP contribution in [-0.2, 0) is 0 Å². The topological polar surface area (TPSA) is 45.8 Å². The van der Waals surface area contributed by atoms with Crippen molar-refractivity contribution in [1.82, 2.24) is 4.57 Å². The normalized spacial score (nSPS) is 9.94. The molecule has 0 saturated carbocycles. The first kappa shape index (κ1) is 11.6. The lowest BCUT2D eigenvalue weighted by Gasteiger charge is -2.11. The van der Waals surface area contributed by atoms with Gasteiger partial charge in [-0.1, -0.05) is 12.1 Å². The highest BCUT2D eigenvalue weighted by molar-refractivity contribution is 9.10. The van der Waals surface area contributed by atoms with Crippen molar-refractivity contribution in [3.8, 4) is 11.8 Å². The van der Waals surface area contributed by atoms with E-state index in [1.807, 2.05) is 37.3 Å². The van der Waals surface area contributed by atoms with Crippen LogP contribution in [0.1, 0.15) is 11.3 Å². The van der Waals surface area contributed by atoms with Crippen LogP contribution in [0.25, 0.3) is 5.69 Å². The second kappa shape index (κ2) is 4.56. The summed E-state index contributed by atoms with van der Waals surface area (Å²) in [4.78, 5) is 12.1. The Kier molecular flexibility index (Phi) is 3.12. The molecule has 0 atom stereocenters. The molecule has 17 heavy (non-hydrogen) atoms. The molecule has 0 fully saturated rings. The number of pyridine rings is 1. The molecule has 0 unspecified atom stereocenters. The van der Waals surface area contributed by atoms with E-state index >= 15 is 0 Å². The Morgan fingerprint density at radius 3 is 2.59 bits per heavy atom. The first-order chi connectivity index (χ1) is 8.15. The third-order valence-electron chi connectivity index (χ3n) is 2.49. The number of hydrogen-bond donors (Lipinski definition) is 0. The standard InChI is InChI=1S/C13H9BrN2O/c1-9-6-7-10(8-15)13(17)16(9)12-5-3-2-4-11(12)14/h2-7H,1H3. The van der Waals surface area contributed by atoms with Crippen LogP contribution in [-0.4, -0.2) is 4.57 Å². The smallest absolute Gasteiger partial charge is 0.273 e. The second-order valence-corrected chi connectivity index (χ2v) is 4.45. The van der Waals surface area contributed by atoms with Gasteiger partial charge in [0.05, 0.1) is 5.69 Å². The van der Waals surface area contributed by atoms with Crippen molar-refractivity contribution in [1.29, 1.82) is 5.26 Å². The first-order valence-corrected chi connectivity index (χ1v) is 5.82. The van der Waals surface area contributed by atoms with E-state index in [2.05, 4.69) is 15.9 Å². The quantitative estimate of drug-likeness (QED) is 0.810. The number of halogens is 1. The molecule has 2 rings (SSSR count). The molecule has 0 aliphatic rings. The minimum atomic E-state index is -0.292. The zero-order valence-corrected chi connectivity index (χ0v) is 10.7. The summed E-state index contributed by atoms with van der Waals surface area (Å²) in [6.45, 7) is 1.84. The van der Waals surface area contributed by atoms with Gasteiger partial charge in [0.25, 0.3) is 5.56 Å². The van der Waals surface area contributed by atoms with Crippen LogP contribution < -0.4 is 5.56 Å². The Labute approximate surface area is 107 Å². The number of aryl methyl sites for hydroxylation is 1. The Morgan fingerprint density at radius 2 is 1.94 bits per heavy atom. The van der Waals surface area contributed by atoms with Gasteiger partial charge < -0.3 is 0 Å². The summed E-state index contributed by atoms with van der Waals surface area (Å²) in [5, 5.41) is 8.87. The van der Waals surface area contributed by atoms with Crippen LogP contribution in [0.2, 0.25) is 0 Å². The summed E-state index contributed by atoms with van der Waals surface area (Å²) in [5.41, 5.74) is 1.39. The fourth-order valence-electron chi connectivity index (χ4n) is 1.65. The molecule has 0 aliphatic heterocycles. The van der Waals surface area contributed by atoms with Gasteiger partial charge in [-0.15, -0.1) is 0 Å². The minimum absolute atomic E-state index is 0.145. The molecule has 1 aromatic heterocycles.